The summed E-state index contributed by atoms with van der Waals surface area (Å²) in [7, 11) is 0. The number of ketones is 1. The van der Waals surface area contributed by atoms with Crippen LogP contribution in [0.1, 0.15) is 56.3 Å². The van der Waals surface area contributed by atoms with Crippen LogP contribution in [0.2, 0.25) is 0 Å². The van der Waals surface area contributed by atoms with Gasteiger partial charge in [-0.25, -0.2) is 4.99 Å². The molecule has 4 rings (SSSR count). The van der Waals surface area contributed by atoms with Crippen LogP contribution in [0, 0.1) is 5.41 Å². The van der Waals surface area contributed by atoms with Crippen LogP contribution in [0.5, 0.6) is 0 Å². The van der Waals surface area contributed by atoms with Crippen molar-refractivity contribution in [2.24, 2.45) is 10.4 Å². The number of carboxylic acid groups (broad SMARTS) is 1. The highest BCUT2D eigenvalue weighted by Crippen LogP contribution is 2.27. The number of carboxylic acids is 1. The van der Waals surface area contributed by atoms with Crippen molar-refractivity contribution >= 4 is 23.4 Å². The quantitative estimate of drug-likeness (QED) is 0.590. The van der Waals surface area contributed by atoms with Gasteiger partial charge >= 0.3 is 5.97 Å². The molecule has 1 fully saturated rings. The monoisotopic (exact) mass is 419 g/mol. The molecule has 0 aromatic heterocycles. The van der Waals surface area contributed by atoms with E-state index in [1.165, 1.54) is 19.3 Å². The molecule has 0 spiro atoms. The van der Waals surface area contributed by atoms with Crippen molar-refractivity contribution in [1.82, 2.24) is 5.32 Å². The Balaban J connectivity index is 1.39. The maximum Gasteiger partial charge on any atom is 0.309 e. The zero-order valence-corrected chi connectivity index (χ0v) is 18.0. The molecule has 0 amide bonds. The minimum atomic E-state index is -1.07. The van der Waals surface area contributed by atoms with E-state index in [2.05, 4.69) is 10.6 Å². The summed E-state index contributed by atoms with van der Waals surface area (Å²) < 4.78 is 0. The van der Waals surface area contributed by atoms with Crippen molar-refractivity contribution in [2.45, 2.75) is 58.0 Å². The van der Waals surface area contributed by atoms with E-state index in [0.29, 0.717) is 17.6 Å². The molecule has 2 aliphatic rings. The van der Waals surface area contributed by atoms with E-state index >= 15 is 0 Å². The number of aliphatic carboxylic acids is 1. The number of hydrogen-bond acceptors (Lipinski definition) is 5. The largest absolute Gasteiger partial charge is 0.481 e. The van der Waals surface area contributed by atoms with Gasteiger partial charge in [0.1, 0.15) is 0 Å². The molecule has 2 atom stereocenters. The highest BCUT2D eigenvalue weighted by atomic mass is 16.4. The van der Waals surface area contributed by atoms with Crippen molar-refractivity contribution < 1.29 is 14.7 Å². The van der Waals surface area contributed by atoms with Gasteiger partial charge in [-0.05, 0) is 49.9 Å². The number of benzene rings is 2. The van der Waals surface area contributed by atoms with Crippen LogP contribution in [0.3, 0.4) is 0 Å². The first-order valence-electron chi connectivity index (χ1n) is 10.9. The second-order valence-corrected chi connectivity index (χ2v) is 9.15. The maximum absolute atomic E-state index is 12.4. The van der Waals surface area contributed by atoms with E-state index in [9.17, 15) is 14.7 Å². The first-order chi connectivity index (χ1) is 14.8. The van der Waals surface area contributed by atoms with E-state index < -0.39 is 11.4 Å². The summed E-state index contributed by atoms with van der Waals surface area (Å²) in [6, 6.07) is 16.3. The number of rotatable bonds is 6. The van der Waals surface area contributed by atoms with E-state index in [1.54, 1.807) is 26.0 Å². The van der Waals surface area contributed by atoms with Gasteiger partial charge in [-0.3, -0.25) is 9.59 Å². The van der Waals surface area contributed by atoms with Crippen LogP contribution in [-0.2, 0) is 4.79 Å². The molecule has 6 heteroatoms. The molecule has 0 bridgehead atoms. The fourth-order valence-corrected chi connectivity index (χ4v) is 4.19. The Morgan fingerprint density at radius 3 is 2.26 bits per heavy atom. The molecule has 162 valence electrons. The number of nitrogens with zero attached hydrogens (tertiary/aromatic N) is 1. The standard InChI is InChI=1S/C25H29N3O3/c1-25(2,23(30)31)15-22(29)18-9-7-16(8-10-18)17-11-13-19(14-12-17)26-24-27-20-5-3-4-6-21(20)28-24/h7-14,20-21H,3-6,15H2,1-2H3,(H,30,31)(H2,26,27,28). The van der Waals surface area contributed by atoms with Gasteiger partial charge in [0.2, 0.25) is 0 Å². The zero-order chi connectivity index (χ0) is 22.0. The SMILES string of the molecule is CC(C)(CC(=O)c1ccc(-c2ccc(NC3=NC4CCCCC4N3)cc2)cc1)C(=O)O. The van der Waals surface area contributed by atoms with Gasteiger partial charge in [0.25, 0.3) is 0 Å². The molecule has 2 unspecified atom stereocenters. The first kappa shape index (κ1) is 21.1. The van der Waals surface area contributed by atoms with Crippen LogP contribution in [0.4, 0.5) is 5.69 Å². The number of Topliss-reactive ketones (excluding diaryl/α,β-unsaturated/α-hetero) is 1. The number of hydrogen-bond donors (Lipinski definition) is 3. The Hall–Kier alpha value is -3.15. The minimum absolute atomic E-state index is 0.0261. The summed E-state index contributed by atoms with van der Waals surface area (Å²) >= 11 is 0. The third kappa shape index (κ3) is 4.79. The van der Waals surface area contributed by atoms with Gasteiger partial charge in [-0.15, -0.1) is 0 Å². The minimum Gasteiger partial charge on any atom is -0.481 e. The lowest BCUT2D eigenvalue weighted by molar-refractivity contribution is -0.146. The van der Waals surface area contributed by atoms with E-state index in [0.717, 1.165) is 29.2 Å². The van der Waals surface area contributed by atoms with Gasteiger partial charge in [-0.2, -0.15) is 0 Å². The lowest BCUT2D eigenvalue weighted by atomic mass is 9.85. The maximum atomic E-state index is 12.4. The van der Waals surface area contributed by atoms with Gasteiger partial charge in [0.05, 0.1) is 17.5 Å². The molecular weight excluding hydrogens is 390 g/mol. The molecule has 0 radical (unpaired) electrons. The van der Waals surface area contributed by atoms with Crippen molar-refractivity contribution in [1.29, 1.82) is 0 Å². The molecule has 6 nitrogen and oxygen atoms in total. The lowest BCUT2D eigenvalue weighted by Gasteiger charge is -2.23. The van der Waals surface area contributed by atoms with Crippen LogP contribution < -0.4 is 10.6 Å². The molecule has 2 aromatic rings. The average Bonchev–Trinajstić information content (AvgIpc) is 3.16. The van der Waals surface area contributed by atoms with E-state index in [-0.39, 0.29) is 12.2 Å². The molecule has 1 heterocycles. The molecule has 3 N–H and O–H groups in total. The highest BCUT2D eigenvalue weighted by molar-refractivity contribution is 5.99. The van der Waals surface area contributed by atoms with E-state index in [1.807, 2.05) is 36.4 Å². The number of nitrogens with one attached hydrogen (secondary N) is 2. The van der Waals surface area contributed by atoms with Gasteiger partial charge in [0, 0.05) is 17.7 Å². The Morgan fingerprint density at radius 2 is 1.65 bits per heavy atom. The molecule has 1 saturated carbocycles. The number of carbonyl (C=O) groups is 2. The summed E-state index contributed by atoms with van der Waals surface area (Å²) in [4.78, 5) is 28.5. The predicted octanol–water partition coefficient (Wildman–Crippen LogP) is 4.72. The Bertz CT molecular complexity index is 994. The molecule has 1 aliphatic heterocycles. The third-order valence-electron chi connectivity index (χ3n) is 6.22. The highest BCUT2D eigenvalue weighted by Gasteiger charge is 2.31. The molecule has 31 heavy (non-hydrogen) atoms. The summed E-state index contributed by atoms with van der Waals surface area (Å²) in [5.41, 5.74) is 2.49. The summed E-state index contributed by atoms with van der Waals surface area (Å²) in [5, 5.41) is 16.1. The van der Waals surface area contributed by atoms with Crippen molar-refractivity contribution in [3.8, 4) is 11.1 Å². The fraction of sp³-hybridized carbons (Fsp3) is 0.400. The average molecular weight is 420 g/mol. The normalized spacial score (nSPS) is 20.4. The second kappa shape index (κ2) is 8.53. The number of aliphatic imine (C=N–C) groups is 1. The predicted molar refractivity (Wildman–Crippen MR) is 122 cm³/mol. The number of anilines is 1. The summed E-state index contributed by atoms with van der Waals surface area (Å²) in [6.07, 6.45) is 4.85. The second-order valence-electron chi connectivity index (χ2n) is 9.15. The lowest BCUT2D eigenvalue weighted by Crippen LogP contribution is -2.38. The van der Waals surface area contributed by atoms with Crippen molar-refractivity contribution in [3.05, 3.63) is 54.1 Å². The number of fused-ring (bicyclic) bond motifs is 1. The molecule has 0 saturated heterocycles. The summed E-state index contributed by atoms with van der Waals surface area (Å²) in [5.74, 6) is -0.274. The Labute approximate surface area is 182 Å². The van der Waals surface area contributed by atoms with Gasteiger partial charge in [-0.1, -0.05) is 49.2 Å². The van der Waals surface area contributed by atoms with Crippen LogP contribution >= 0.6 is 0 Å². The van der Waals surface area contributed by atoms with Crippen LogP contribution in [0.25, 0.3) is 11.1 Å². The van der Waals surface area contributed by atoms with Gasteiger partial charge < -0.3 is 15.7 Å². The third-order valence-corrected chi connectivity index (χ3v) is 6.22. The molecule has 2 aromatic carbocycles. The summed E-state index contributed by atoms with van der Waals surface area (Å²) in [6.45, 7) is 3.13. The smallest absolute Gasteiger partial charge is 0.309 e. The van der Waals surface area contributed by atoms with E-state index in [4.69, 9.17) is 4.99 Å². The van der Waals surface area contributed by atoms with Crippen molar-refractivity contribution in [2.75, 3.05) is 5.32 Å². The van der Waals surface area contributed by atoms with Crippen LogP contribution in [-0.4, -0.2) is 34.9 Å². The zero-order valence-electron chi connectivity index (χ0n) is 18.0. The molecular formula is C25H29N3O3. The van der Waals surface area contributed by atoms with Crippen LogP contribution in [0.15, 0.2) is 53.5 Å². The molecule has 1 aliphatic carbocycles. The van der Waals surface area contributed by atoms with Gasteiger partial charge in [0.15, 0.2) is 11.7 Å². The Morgan fingerprint density at radius 1 is 1.03 bits per heavy atom. The Kier molecular flexibility index (Phi) is 5.81. The first-order valence-corrected chi connectivity index (χ1v) is 10.9. The van der Waals surface area contributed by atoms with Crippen molar-refractivity contribution in [3.63, 3.8) is 0 Å². The number of guanidine groups is 1. The number of carbonyl (C=O) groups excluding carboxylic acids is 1. The topological polar surface area (TPSA) is 90.8 Å². The fourth-order valence-electron chi connectivity index (χ4n) is 4.19.